The minimum absolute atomic E-state index is 0.261. The lowest BCUT2D eigenvalue weighted by atomic mass is 10.1. The lowest BCUT2D eigenvalue weighted by molar-refractivity contribution is 0.0955. The summed E-state index contributed by atoms with van der Waals surface area (Å²) in [5.41, 5.74) is 6.08. The Balaban J connectivity index is 1.48. The molecule has 1 amide bonds. The highest BCUT2D eigenvalue weighted by atomic mass is 16.5. The number of carbonyl (C=O) groups excluding carboxylic acids is 1. The highest BCUT2D eigenvalue weighted by Crippen LogP contribution is 2.18. The van der Waals surface area contributed by atoms with Crippen molar-refractivity contribution in [2.75, 3.05) is 6.61 Å². The van der Waals surface area contributed by atoms with Crippen LogP contribution >= 0.6 is 0 Å². The van der Waals surface area contributed by atoms with Gasteiger partial charge >= 0.3 is 0 Å². The molecule has 3 aromatic carbocycles. The molecule has 0 saturated carbocycles. The van der Waals surface area contributed by atoms with Crippen LogP contribution < -0.4 is 14.9 Å². The fraction of sp³-hybridized carbons (Fsp3) is 0.154. The Morgan fingerprint density at radius 2 is 1.55 bits per heavy atom. The number of carbonyl (C=O) groups is 1. The first-order valence-electron chi connectivity index (χ1n) is 10.2. The number of benzene rings is 3. The van der Waals surface area contributed by atoms with E-state index in [1.54, 1.807) is 18.3 Å². The molecular formula is C26H26N2O3. The van der Waals surface area contributed by atoms with Gasteiger partial charge in [0, 0.05) is 5.56 Å². The lowest BCUT2D eigenvalue weighted by Gasteiger charge is -2.08. The predicted molar refractivity (Wildman–Crippen MR) is 124 cm³/mol. The molecule has 0 spiro atoms. The van der Waals surface area contributed by atoms with E-state index in [0.29, 0.717) is 18.8 Å². The van der Waals surface area contributed by atoms with Gasteiger partial charge in [0.25, 0.3) is 5.91 Å². The van der Waals surface area contributed by atoms with E-state index >= 15 is 0 Å². The summed E-state index contributed by atoms with van der Waals surface area (Å²) in [5.74, 6) is 1.32. The van der Waals surface area contributed by atoms with Crippen molar-refractivity contribution in [1.29, 1.82) is 0 Å². The van der Waals surface area contributed by atoms with Crippen molar-refractivity contribution in [1.82, 2.24) is 5.43 Å². The van der Waals surface area contributed by atoms with Crippen LogP contribution in [0, 0.1) is 0 Å². The zero-order valence-electron chi connectivity index (χ0n) is 17.7. The molecule has 0 radical (unpaired) electrons. The third-order valence-electron chi connectivity index (χ3n) is 4.38. The molecule has 0 fully saturated rings. The maximum atomic E-state index is 12.3. The molecule has 0 bridgehead atoms. The topological polar surface area (TPSA) is 59.9 Å². The van der Waals surface area contributed by atoms with E-state index in [9.17, 15) is 4.79 Å². The SMILES string of the molecule is CCOc1ccc(OCc2ccc(C(=O)N/N=C\C(C)=C\c3ccccc3)cc2)cc1. The first kappa shape index (κ1) is 21.8. The summed E-state index contributed by atoms with van der Waals surface area (Å²) in [6, 6.07) is 24.7. The summed E-state index contributed by atoms with van der Waals surface area (Å²) in [4.78, 5) is 12.3. The van der Waals surface area contributed by atoms with Crippen molar-refractivity contribution in [2.45, 2.75) is 20.5 Å². The van der Waals surface area contributed by atoms with Crippen LogP contribution in [0.5, 0.6) is 11.5 Å². The van der Waals surface area contributed by atoms with Gasteiger partial charge in [0.15, 0.2) is 0 Å². The summed E-state index contributed by atoms with van der Waals surface area (Å²) in [6.45, 7) is 4.93. The van der Waals surface area contributed by atoms with Crippen LogP contribution in [-0.4, -0.2) is 18.7 Å². The zero-order valence-corrected chi connectivity index (χ0v) is 17.7. The Labute approximate surface area is 183 Å². The number of rotatable bonds is 9. The highest BCUT2D eigenvalue weighted by Gasteiger charge is 2.04. The molecule has 0 aliphatic rings. The van der Waals surface area contributed by atoms with Gasteiger partial charge in [-0.3, -0.25) is 4.79 Å². The third kappa shape index (κ3) is 7.16. The summed E-state index contributed by atoms with van der Waals surface area (Å²) < 4.78 is 11.2. The lowest BCUT2D eigenvalue weighted by Crippen LogP contribution is -2.17. The summed E-state index contributed by atoms with van der Waals surface area (Å²) in [6.07, 6.45) is 3.62. The molecule has 3 aromatic rings. The highest BCUT2D eigenvalue weighted by molar-refractivity contribution is 5.95. The van der Waals surface area contributed by atoms with E-state index in [-0.39, 0.29) is 5.91 Å². The largest absolute Gasteiger partial charge is 0.494 e. The third-order valence-corrected chi connectivity index (χ3v) is 4.38. The van der Waals surface area contributed by atoms with Crippen molar-refractivity contribution in [2.24, 2.45) is 5.10 Å². The van der Waals surface area contributed by atoms with Crippen LogP contribution in [0.25, 0.3) is 6.08 Å². The Bertz CT molecular complexity index is 1020. The number of ether oxygens (including phenoxy) is 2. The maximum Gasteiger partial charge on any atom is 0.271 e. The van der Waals surface area contributed by atoms with E-state index in [2.05, 4.69) is 10.5 Å². The Morgan fingerprint density at radius 3 is 2.19 bits per heavy atom. The molecular weight excluding hydrogens is 388 g/mol. The van der Waals surface area contributed by atoms with E-state index in [1.807, 2.05) is 86.7 Å². The molecule has 158 valence electrons. The molecule has 0 unspecified atom stereocenters. The van der Waals surface area contributed by atoms with E-state index in [4.69, 9.17) is 9.47 Å². The summed E-state index contributed by atoms with van der Waals surface area (Å²) >= 11 is 0. The molecule has 0 heterocycles. The number of hydrogen-bond acceptors (Lipinski definition) is 4. The zero-order chi connectivity index (χ0) is 21.9. The number of amides is 1. The first-order chi connectivity index (χ1) is 15.1. The van der Waals surface area contributed by atoms with Gasteiger partial charge in [-0.1, -0.05) is 48.5 Å². The molecule has 5 nitrogen and oxygen atoms in total. The van der Waals surface area contributed by atoms with Crippen molar-refractivity contribution >= 4 is 18.2 Å². The maximum absolute atomic E-state index is 12.3. The molecule has 31 heavy (non-hydrogen) atoms. The van der Waals surface area contributed by atoms with E-state index in [1.165, 1.54) is 0 Å². The minimum Gasteiger partial charge on any atom is -0.494 e. The van der Waals surface area contributed by atoms with Crippen molar-refractivity contribution < 1.29 is 14.3 Å². The minimum atomic E-state index is -0.261. The van der Waals surface area contributed by atoms with E-state index < -0.39 is 0 Å². The fourth-order valence-electron chi connectivity index (χ4n) is 2.82. The number of allylic oxidation sites excluding steroid dienone is 1. The standard InChI is InChI=1S/C26H26N2O3/c1-3-30-24-13-15-25(16-14-24)31-19-22-9-11-23(12-10-22)26(29)28-27-18-20(2)17-21-7-5-4-6-8-21/h4-18H,3,19H2,1-2H3,(H,28,29)/b20-17+,27-18-. The first-order valence-corrected chi connectivity index (χ1v) is 10.2. The van der Waals surface area contributed by atoms with Crippen molar-refractivity contribution in [3.05, 3.63) is 101 Å². The average molecular weight is 415 g/mol. The molecule has 5 heteroatoms. The molecule has 0 aromatic heterocycles. The predicted octanol–water partition coefficient (Wildman–Crippen LogP) is 5.48. The number of nitrogens with one attached hydrogen (secondary N) is 1. The van der Waals surface area contributed by atoms with Crippen molar-refractivity contribution in [3.63, 3.8) is 0 Å². The molecule has 0 aliphatic carbocycles. The number of hydrazone groups is 1. The van der Waals surface area contributed by atoms with Crippen LogP contribution in [0.15, 0.2) is 89.5 Å². The smallest absolute Gasteiger partial charge is 0.271 e. The number of nitrogens with zero attached hydrogens (tertiary/aromatic N) is 1. The summed E-state index contributed by atoms with van der Waals surface area (Å²) in [5, 5.41) is 4.03. The Hall–Kier alpha value is -3.86. The van der Waals surface area contributed by atoms with Gasteiger partial charge in [0.05, 0.1) is 12.8 Å². The second-order valence-electron chi connectivity index (χ2n) is 6.89. The second kappa shape index (κ2) is 11.4. The monoisotopic (exact) mass is 414 g/mol. The van der Waals surface area contributed by atoms with E-state index in [0.717, 1.165) is 28.2 Å². The van der Waals surface area contributed by atoms with Gasteiger partial charge in [-0.05, 0) is 66.9 Å². The Kier molecular flexibility index (Phi) is 8.00. The fourth-order valence-corrected chi connectivity index (χ4v) is 2.82. The van der Waals surface area contributed by atoms with Gasteiger partial charge in [-0.2, -0.15) is 5.10 Å². The van der Waals surface area contributed by atoms with Crippen LogP contribution in [0.4, 0.5) is 0 Å². The van der Waals surface area contributed by atoms with Crippen LogP contribution in [0.2, 0.25) is 0 Å². The molecule has 0 aliphatic heterocycles. The Morgan fingerprint density at radius 1 is 0.903 bits per heavy atom. The van der Waals surface area contributed by atoms with Gasteiger partial charge in [-0.25, -0.2) is 5.43 Å². The van der Waals surface area contributed by atoms with Crippen LogP contribution in [0.1, 0.15) is 35.3 Å². The average Bonchev–Trinajstić information content (AvgIpc) is 2.80. The normalized spacial score (nSPS) is 11.4. The second-order valence-corrected chi connectivity index (χ2v) is 6.89. The molecule has 3 rings (SSSR count). The van der Waals surface area contributed by atoms with Gasteiger partial charge in [0.1, 0.15) is 18.1 Å². The van der Waals surface area contributed by atoms with Gasteiger partial charge in [0.2, 0.25) is 0 Å². The van der Waals surface area contributed by atoms with Gasteiger partial charge < -0.3 is 9.47 Å². The summed E-state index contributed by atoms with van der Waals surface area (Å²) in [7, 11) is 0. The van der Waals surface area contributed by atoms with Crippen LogP contribution in [0.3, 0.4) is 0 Å². The molecule has 1 N–H and O–H groups in total. The molecule has 0 saturated heterocycles. The molecule has 0 atom stereocenters. The van der Waals surface area contributed by atoms with Gasteiger partial charge in [-0.15, -0.1) is 0 Å². The van der Waals surface area contributed by atoms with Crippen molar-refractivity contribution in [3.8, 4) is 11.5 Å². The quantitative estimate of drug-likeness (QED) is 0.372. The van der Waals surface area contributed by atoms with Crippen LogP contribution in [-0.2, 0) is 6.61 Å². The number of hydrogen-bond donors (Lipinski definition) is 1.